The molecule has 1 fully saturated rings. The van der Waals surface area contributed by atoms with Gasteiger partial charge in [-0.1, -0.05) is 60.7 Å². The van der Waals surface area contributed by atoms with Crippen LogP contribution in [0.5, 0.6) is 0 Å². The molecule has 33 heavy (non-hydrogen) atoms. The number of rotatable bonds is 4. The number of nitrogens with two attached hydrogens (primary N) is 1. The molecule has 0 saturated carbocycles. The molecule has 174 valence electrons. The van der Waals surface area contributed by atoms with Crippen LogP contribution in [0, 0.1) is 0 Å². The van der Waals surface area contributed by atoms with Crippen LogP contribution in [0.25, 0.3) is 11.1 Å². The number of hydrogen-bond donors (Lipinski definition) is 2. The van der Waals surface area contributed by atoms with Crippen LogP contribution in [-0.4, -0.2) is 52.9 Å². The minimum absolute atomic E-state index is 0.0191. The fourth-order valence-corrected chi connectivity index (χ4v) is 4.76. The van der Waals surface area contributed by atoms with E-state index in [0.29, 0.717) is 6.42 Å². The summed E-state index contributed by atoms with van der Waals surface area (Å²) in [5.74, 6) is -0.0191. The maximum atomic E-state index is 12.6. The van der Waals surface area contributed by atoms with Crippen LogP contribution in [0.3, 0.4) is 0 Å². The molecule has 4 rings (SSSR count). The summed E-state index contributed by atoms with van der Waals surface area (Å²) < 4.78 is 11.1. The maximum Gasteiger partial charge on any atom is 0.410 e. The number of benzene rings is 2. The van der Waals surface area contributed by atoms with E-state index in [9.17, 15) is 9.59 Å². The Balaban J connectivity index is 1.39. The van der Waals surface area contributed by atoms with E-state index in [2.05, 4.69) is 29.6 Å². The molecule has 2 amide bonds. The van der Waals surface area contributed by atoms with Gasteiger partial charge < -0.3 is 20.5 Å². The van der Waals surface area contributed by atoms with E-state index in [4.69, 9.17) is 27.4 Å². The summed E-state index contributed by atoms with van der Waals surface area (Å²) in [6.45, 7) is 5.86. The molecule has 1 heterocycles. The van der Waals surface area contributed by atoms with E-state index in [-0.39, 0.29) is 30.1 Å². The molecular formula is C25H29N3O4S. The summed E-state index contributed by atoms with van der Waals surface area (Å²) >= 11 is 5.14. The van der Waals surface area contributed by atoms with Crippen molar-refractivity contribution >= 4 is 29.4 Å². The molecule has 2 aromatic carbocycles. The fourth-order valence-electron chi connectivity index (χ4n) is 4.54. The molecule has 0 aromatic heterocycles. The first kappa shape index (κ1) is 23.0. The SMILES string of the molecule is CC(C)(C)OC(=O)N1C[C@@H](NC(=O)OCC2c3ccccc3-c3ccccc32)C[C@H]1C(N)=S. The molecule has 2 atom stereocenters. The number of carbonyl (C=O) groups is 2. The fraction of sp³-hybridized carbons (Fsp3) is 0.400. The highest BCUT2D eigenvalue weighted by molar-refractivity contribution is 7.80. The van der Waals surface area contributed by atoms with E-state index in [1.54, 1.807) is 20.8 Å². The third-order valence-corrected chi connectivity index (χ3v) is 6.20. The third kappa shape index (κ3) is 4.95. The Labute approximate surface area is 199 Å². The standard InChI is InChI=1S/C25H29N3O4S/c1-25(2,3)32-24(30)28-13-15(12-21(28)22(26)33)27-23(29)31-14-20-18-10-6-4-8-16(18)17-9-5-7-11-19(17)20/h4-11,15,20-21H,12-14H2,1-3H3,(H2,26,33)(H,27,29)/t15-,21-/m0/s1. The zero-order valence-corrected chi connectivity index (χ0v) is 19.9. The largest absolute Gasteiger partial charge is 0.449 e. The van der Waals surface area contributed by atoms with Gasteiger partial charge in [0.25, 0.3) is 0 Å². The second-order valence-corrected chi connectivity index (χ2v) is 9.92. The highest BCUT2D eigenvalue weighted by Crippen LogP contribution is 2.44. The lowest BCUT2D eigenvalue weighted by Gasteiger charge is -2.27. The Bertz CT molecular complexity index is 1040. The van der Waals surface area contributed by atoms with Crippen molar-refractivity contribution in [2.75, 3.05) is 13.2 Å². The molecular weight excluding hydrogens is 438 g/mol. The zero-order chi connectivity index (χ0) is 23.8. The highest BCUT2D eigenvalue weighted by atomic mass is 32.1. The molecule has 1 aliphatic heterocycles. The number of alkyl carbamates (subject to hydrolysis) is 1. The number of fused-ring (bicyclic) bond motifs is 3. The summed E-state index contributed by atoms with van der Waals surface area (Å²) in [5.41, 5.74) is 9.85. The molecule has 0 spiro atoms. The zero-order valence-electron chi connectivity index (χ0n) is 19.0. The first-order chi connectivity index (χ1) is 15.6. The topological polar surface area (TPSA) is 93.9 Å². The minimum atomic E-state index is -0.643. The van der Waals surface area contributed by atoms with Gasteiger partial charge in [0.2, 0.25) is 0 Å². The Hall–Kier alpha value is -3.13. The molecule has 1 saturated heterocycles. The number of carbonyl (C=O) groups excluding carboxylic acids is 2. The van der Waals surface area contributed by atoms with E-state index in [0.717, 1.165) is 11.1 Å². The van der Waals surface area contributed by atoms with Crippen LogP contribution in [0.4, 0.5) is 9.59 Å². The summed E-state index contributed by atoms with van der Waals surface area (Å²) in [6.07, 6.45) is -0.620. The molecule has 0 bridgehead atoms. The molecule has 8 heteroatoms. The molecule has 0 radical (unpaired) electrons. The molecule has 0 unspecified atom stereocenters. The summed E-state index contributed by atoms with van der Waals surface area (Å²) in [5, 5.41) is 2.86. The second-order valence-electron chi connectivity index (χ2n) is 9.45. The van der Waals surface area contributed by atoms with Crippen molar-refractivity contribution in [3.63, 3.8) is 0 Å². The van der Waals surface area contributed by atoms with Crippen LogP contribution in [0.1, 0.15) is 44.2 Å². The van der Waals surface area contributed by atoms with Crippen molar-refractivity contribution < 1.29 is 19.1 Å². The Morgan fingerprint density at radius 1 is 1.09 bits per heavy atom. The van der Waals surface area contributed by atoms with Crippen LogP contribution in [-0.2, 0) is 9.47 Å². The van der Waals surface area contributed by atoms with Crippen molar-refractivity contribution in [3.05, 3.63) is 59.7 Å². The summed E-state index contributed by atoms with van der Waals surface area (Å²) in [7, 11) is 0. The molecule has 2 aromatic rings. The number of ether oxygens (including phenoxy) is 2. The Kier molecular flexibility index (Phi) is 6.30. The highest BCUT2D eigenvalue weighted by Gasteiger charge is 2.40. The van der Waals surface area contributed by atoms with Crippen LogP contribution in [0.2, 0.25) is 0 Å². The number of hydrogen-bond acceptors (Lipinski definition) is 5. The summed E-state index contributed by atoms with van der Waals surface area (Å²) in [6, 6.07) is 15.5. The van der Waals surface area contributed by atoms with Crippen molar-refractivity contribution in [2.24, 2.45) is 5.73 Å². The summed E-state index contributed by atoms with van der Waals surface area (Å²) in [4.78, 5) is 26.9. The van der Waals surface area contributed by atoms with Crippen molar-refractivity contribution in [2.45, 2.75) is 50.8 Å². The number of nitrogens with zero attached hydrogens (tertiary/aromatic N) is 1. The number of thiocarbonyl (C=S) groups is 1. The quantitative estimate of drug-likeness (QED) is 0.655. The van der Waals surface area contributed by atoms with Gasteiger partial charge in [0.05, 0.1) is 17.1 Å². The van der Waals surface area contributed by atoms with E-state index >= 15 is 0 Å². The van der Waals surface area contributed by atoms with Crippen LogP contribution in [0.15, 0.2) is 48.5 Å². The first-order valence-electron chi connectivity index (χ1n) is 11.0. The first-order valence-corrected chi connectivity index (χ1v) is 11.5. The van der Waals surface area contributed by atoms with Crippen molar-refractivity contribution in [1.29, 1.82) is 0 Å². The van der Waals surface area contributed by atoms with Gasteiger partial charge in [0, 0.05) is 12.5 Å². The number of likely N-dealkylation sites (tertiary alicyclic amines) is 1. The molecule has 3 N–H and O–H groups in total. The Morgan fingerprint density at radius 3 is 2.21 bits per heavy atom. The minimum Gasteiger partial charge on any atom is -0.449 e. The van der Waals surface area contributed by atoms with E-state index < -0.39 is 23.8 Å². The monoisotopic (exact) mass is 467 g/mol. The lowest BCUT2D eigenvalue weighted by Crippen LogP contribution is -2.45. The predicted octanol–water partition coefficient (Wildman–Crippen LogP) is 4.19. The lowest BCUT2D eigenvalue weighted by molar-refractivity contribution is 0.0262. The van der Waals surface area contributed by atoms with E-state index in [1.165, 1.54) is 16.0 Å². The van der Waals surface area contributed by atoms with Gasteiger partial charge in [0.15, 0.2) is 0 Å². The third-order valence-electron chi connectivity index (χ3n) is 5.92. The van der Waals surface area contributed by atoms with Gasteiger partial charge in [-0.25, -0.2) is 9.59 Å². The average molecular weight is 468 g/mol. The van der Waals surface area contributed by atoms with E-state index in [1.807, 2.05) is 24.3 Å². The van der Waals surface area contributed by atoms with Crippen molar-refractivity contribution in [3.8, 4) is 11.1 Å². The molecule has 2 aliphatic rings. The van der Waals surface area contributed by atoms with Crippen molar-refractivity contribution in [1.82, 2.24) is 10.2 Å². The smallest absolute Gasteiger partial charge is 0.410 e. The molecule has 7 nitrogen and oxygen atoms in total. The maximum absolute atomic E-state index is 12.6. The predicted molar refractivity (Wildman–Crippen MR) is 130 cm³/mol. The van der Waals surface area contributed by atoms with Gasteiger partial charge in [0.1, 0.15) is 12.2 Å². The Morgan fingerprint density at radius 2 is 1.67 bits per heavy atom. The van der Waals surface area contributed by atoms with Gasteiger partial charge in [-0.15, -0.1) is 0 Å². The number of nitrogens with one attached hydrogen (secondary N) is 1. The van der Waals surface area contributed by atoms with Gasteiger partial charge >= 0.3 is 12.2 Å². The second kappa shape index (κ2) is 9.02. The van der Waals surface area contributed by atoms with Crippen LogP contribution >= 0.6 is 12.2 Å². The van der Waals surface area contributed by atoms with Gasteiger partial charge in [-0.3, -0.25) is 4.90 Å². The number of amides is 2. The average Bonchev–Trinajstić information content (AvgIpc) is 3.31. The normalized spacial score (nSPS) is 19.5. The van der Waals surface area contributed by atoms with Crippen LogP contribution < -0.4 is 11.1 Å². The molecule has 1 aliphatic carbocycles. The lowest BCUT2D eigenvalue weighted by atomic mass is 9.98. The van der Waals surface area contributed by atoms with Gasteiger partial charge in [-0.2, -0.15) is 0 Å². The van der Waals surface area contributed by atoms with Gasteiger partial charge in [-0.05, 0) is 49.4 Å².